The molecule has 3 heterocycles. The lowest BCUT2D eigenvalue weighted by atomic mass is 10.1. The van der Waals surface area contributed by atoms with Gasteiger partial charge in [-0.2, -0.15) is 0 Å². The molecule has 1 aromatic carbocycles. The number of tetrazole rings is 1. The molecule has 190 valence electrons. The number of carbonyl (C=O) groups is 2. The monoisotopic (exact) mass is 504 g/mol. The third-order valence-corrected chi connectivity index (χ3v) is 6.06. The minimum absolute atomic E-state index is 0.0812. The number of hydrogen-bond acceptors (Lipinski definition) is 8. The highest BCUT2D eigenvalue weighted by atomic mass is 19.1. The SMILES string of the molecule is CC(=O)OC[C@H](C)n1nnnc1-c1cccc(NC(=O)c2cc(-n3cnc(C4CC4)c3)c(C)cc2F)n1. The minimum Gasteiger partial charge on any atom is -0.464 e. The molecule has 4 aromatic rings. The number of aromatic nitrogens is 7. The van der Waals surface area contributed by atoms with Crippen molar-refractivity contribution in [2.24, 2.45) is 0 Å². The summed E-state index contributed by atoms with van der Waals surface area (Å²) in [6, 6.07) is 7.44. The molecular formula is C25H25FN8O3. The van der Waals surface area contributed by atoms with Crippen LogP contribution in [0, 0.1) is 12.7 Å². The summed E-state index contributed by atoms with van der Waals surface area (Å²) in [5.41, 5.74) is 2.63. The fourth-order valence-electron chi connectivity index (χ4n) is 3.95. The molecule has 0 spiro atoms. The quantitative estimate of drug-likeness (QED) is 0.360. The van der Waals surface area contributed by atoms with Gasteiger partial charge in [0, 0.05) is 19.0 Å². The molecule has 1 amide bonds. The van der Waals surface area contributed by atoms with Gasteiger partial charge in [-0.25, -0.2) is 19.0 Å². The third kappa shape index (κ3) is 5.22. The largest absolute Gasteiger partial charge is 0.464 e. The number of carbonyl (C=O) groups excluding carboxylic acids is 2. The molecule has 1 atom stereocenters. The summed E-state index contributed by atoms with van der Waals surface area (Å²) < 4.78 is 23.2. The van der Waals surface area contributed by atoms with Crippen LogP contribution in [0.3, 0.4) is 0 Å². The van der Waals surface area contributed by atoms with Gasteiger partial charge in [0.1, 0.15) is 23.9 Å². The molecule has 3 aromatic heterocycles. The first-order valence-electron chi connectivity index (χ1n) is 11.8. The van der Waals surface area contributed by atoms with Crippen molar-refractivity contribution in [1.82, 2.24) is 34.7 Å². The van der Waals surface area contributed by atoms with Gasteiger partial charge in [-0.1, -0.05) is 6.07 Å². The Morgan fingerprint density at radius 3 is 2.84 bits per heavy atom. The molecule has 0 unspecified atom stereocenters. The highest BCUT2D eigenvalue weighted by Crippen LogP contribution is 2.39. The van der Waals surface area contributed by atoms with Crippen molar-refractivity contribution in [1.29, 1.82) is 0 Å². The Morgan fingerprint density at radius 2 is 2.08 bits per heavy atom. The number of benzene rings is 1. The summed E-state index contributed by atoms with van der Waals surface area (Å²) in [4.78, 5) is 33.1. The Balaban J connectivity index is 1.37. The van der Waals surface area contributed by atoms with Crippen molar-refractivity contribution < 1.29 is 18.7 Å². The van der Waals surface area contributed by atoms with Crippen molar-refractivity contribution in [2.45, 2.75) is 45.6 Å². The first-order chi connectivity index (χ1) is 17.8. The lowest BCUT2D eigenvalue weighted by Crippen LogP contribution is -2.18. The number of pyridine rings is 1. The van der Waals surface area contributed by atoms with Gasteiger partial charge in [-0.3, -0.25) is 9.59 Å². The van der Waals surface area contributed by atoms with E-state index in [0.717, 1.165) is 18.5 Å². The summed E-state index contributed by atoms with van der Waals surface area (Å²) in [6.45, 7) is 4.98. The number of hydrogen-bond donors (Lipinski definition) is 1. The maximum atomic E-state index is 14.8. The molecule has 1 aliphatic carbocycles. The second kappa shape index (κ2) is 9.88. The van der Waals surface area contributed by atoms with E-state index in [1.807, 2.05) is 10.8 Å². The van der Waals surface area contributed by atoms with Crippen LogP contribution in [-0.2, 0) is 9.53 Å². The molecule has 1 saturated carbocycles. The maximum absolute atomic E-state index is 14.8. The van der Waals surface area contributed by atoms with Gasteiger partial charge >= 0.3 is 5.97 Å². The molecular weight excluding hydrogens is 479 g/mol. The first kappa shape index (κ1) is 24.2. The van der Waals surface area contributed by atoms with Crippen LogP contribution in [0.25, 0.3) is 17.2 Å². The predicted octanol–water partition coefficient (Wildman–Crippen LogP) is 3.62. The standard InChI is InChI=1S/C25H25FN8O3/c1-14-9-19(26)18(10-22(14)33-11-21(27-13-33)17-7-8-17)25(36)29-23-6-4-5-20(28-23)24-30-31-32-34(24)15(2)12-37-16(3)35/h4-6,9-11,13,15,17H,7-8,12H2,1-3H3,(H,28,29,36)/t15-/m0/s1. The zero-order chi connectivity index (χ0) is 26.1. The van der Waals surface area contributed by atoms with Gasteiger partial charge in [0.15, 0.2) is 0 Å². The second-order valence-electron chi connectivity index (χ2n) is 9.06. The first-order valence-corrected chi connectivity index (χ1v) is 11.8. The molecule has 5 rings (SSSR count). The number of aryl methyl sites for hydroxylation is 1. The molecule has 1 fully saturated rings. The van der Waals surface area contributed by atoms with Gasteiger partial charge < -0.3 is 14.6 Å². The normalized spacial score (nSPS) is 13.8. The van der Waals surface area contributed by atoms with E-state index in [2.05, 4.69) is 30.8 Å². The van der Waals surface area contributed by atoms with Crippen LogP contribution in [0.1, 0.15) is 60.3 Å². The number of ether oxygens (including phenoxy) is 1. The molecule has 12 heteroatoms. The molecule has 0 bridgehead atoms. The molecule has 0 radical (unpaired) electrons. The molecule has 1 aliphatic rings. The smallest absolute Gasteiger partial charge is 0.302 e. The van der Waals surface area contributed by atoms with Crippen molar-refractivity contribution in [3.8, 4) is 17.2 Å². The molecule has 11 nitrogen and oxygen atoms in total. The van der Waals surface area contributed by atoms with Crippen LogP contribution in [0.15, 0.2) is 42.9 Å². The van der Waals surface area contributed by atoms with Gasteiger partial charge in [0.05, 0.1) is 29.3 Å². The molecule has 1 N–H and O–H groups in total. The summed E-state index contributed by atoms with van der Waals surface area (Å²) in [6.07, 6.45) is 5.86. The van der Waals surface area contributed by atoms with E-state index in [-0.39, 0.29) is 24.0 Å². The summed E-state index contributed by atoms with van der Waals surface area (Å²) in [5, 5.41) is 14.3. The molecule has 0 aliphatic heterocycles. The summed E-state index contributed by atoms with van der Waals surface area (Å²) >= 11 is 0. The van der Waals surface area contributed by atoms with Crippen LogP contribution in [0.2, 0.25) is 0 Å². The van der Waals surface area contributed by atoms with Gasteiger partial charge in [0.2, 0.25) is 5.82 Å². The average Bonchev–Trinajstić information content (AvgIpc) is 3.38. The Labute approximate surface area is 211 Å². The Morgan fingerprint density at radius 1 is 1.27 bits per heavy atom. The van der Waals surface area contributed by atoms with Crippen LogP contribution >= 0.6 is 0 Å². The number of anilines is 1. The number of esters is 1. The van der Waals surface area contributed by atoms with Crippen molar-refractivity contribution in [3.63, 3.8) is 0 Å². The van der Waals surface area contributed by atoms with Crippen molar-refractivity contribution in [3.05, 3.63) is 65.5 Å². The number of rotatable bonds is 8. The van der Waals surface area contributed by atoms with Gasteiger partial charge in [-0.05, 0) is 66.9 Å². The van der Waals surface area contributed by atoms with Gasteiger partial charge in [-0.15, -0.1) is 5.10 Å². The number of amides is 1. The van der Waals surface area contributed by atoms with E-state index in [9.17, 15) is 14.0 Å². The highest BCUT2D eigenvalue weighted by molar-refractivity contribution is 6.04. The van der Waals surface area contributed by atoms with E-state index in [1.165, 1.54) is 23.7 Å². The third-order valence-electron chi connectivity index (χ3n) is 6.06. The van der Waals surface area contributed by atoms with E-state index in [0.29, 0.717) is 28.7 Å². The van der Waals surface area contributed by atoms with E-state index in [4.69, 9.17) is 4.74 Å². The number of nitrogens with zero attached hydrogens (tertiary/aromatic N) is 7. The number of nitrogens with one attached hydrogen (secondary N) is 1. The zero-order valence-corrected chi connectivity index (χ0v) is 20.6. The average molecular weight is 505 g/mol. The van der Waals surface area contributed by atoms with E-state index in [1.54, 1.807) is 38.4 Å². The second-order valence-corrected chi connectivity index (χ2v) is 9.06. The molecule has 37 heavy (non-hydrogen) atoms. The highest BCUT2D eigenvalue weighted by Gasteiger charge is 2.26. The van der Waals surface area contributed by atoms with Gasteiger partial charge in [0.25, 0.3) is 5.91 Å². The lowest BCUT2D eigenvalue weighted by molar-refractivity contribution is -0.142. The van der Waals surface area contributed by atoms with Crippen LogP contribution in [0.5, 0.6) is 0 Å². The molecule has 0 saturated heterocycles. The van der Waals surface area contributed by atoms with Crippen LogP contribution in [0.4, 0.5) is 10.2 Å². The van der Waals surface area contributed by atoms with E-state index < -0.39 is 17.7 Å². The Hall–Kier alpha value is -4.48. The van der Waals surface area contributed by atoms with Crippen LogP contribution < -0.4 is 5.32 Å². The minimum atomic E-state index is -0.645. The Bertz CT molecular complexity index is 1480. The van der Waals surface area contributed by atoms with Crippen LogP contribution in [-0.4, -0.2) is 53.2 Å². The number of halogens is 1. The van der Waals surface area contributed by atoms with Crippen molar-refractivity contribution in [2.75, 3.05) is 11.9 Å². The fraction of sp³-hybridized carbons (Fsp3) is 0.320. The predicted molar refractivity (Wildman–Crippen MR) is 131 cm³/mol. The fourth-order valence-corrected chi connectivity index (χ4v) is 3.95. The topological polar surface area (TPSA) is 130 Å². The number of imidazole rings is 1. The van der Waals surface area contributed by atoms with E-state index >= 15 is 0 Å². The summed E-state index contributed by atoms with van der Waals surface area (Å²) in [7, 11) is 0. The Kier molecular flexibility index (Phi) is 6.47. The zero-order valence-electron chi connectivity index (χ0n) is 20.6. The maximum Gasteiger partial charge on any atom is 0.302 e. The lowest BCUT2D eigenvalue weighted by Gasteiger charge is -2.13. The summed E-state index contributed by atoms with van der Waals surface area (Å²) in [5.74, 6) is -0.689. The van der Waals surface area contributed by atoms with Crippen molar-refractivity contribution >= 4 is 17.7 Å².